The lowest BCUT2D eigenvalue weighted by Crippen LogP contribution is -2.22. The minimum absolute atomic E-state index is 0.0158. The lowest BCUT2D eigenvalue weighted by molar-refractivity contribution is -0.206. The van der Waals surface area contributed by atoms with Gasteiger partial charge in [0.05, 0.1) is 5.69 Å². The van der Waals surface area contributed by atoms with Gasteiger partial charge >= 0.3 is 6.18 Å². The molecule has 0 fully saturated rings. The molecule has 0 aliphatic rings. The van der Waals surface area contributed by atoms with Crippen molar-refractivity contribution in [3.8, 4) is 5.82 Å². The van der Waals surface area contributed by atoms with Crippen LogP contribution in [0.4, 0.5) is 13.2 Å². The van der Waals surface area contributed by atoms with E-state index in [2.05, 4.69) is 10.1 Å². The third kappa shape index (κ3) is 2.76. The smallest absolute Gasteiger partial charge is 0.379 e. The predicted octanol–water partition coefficient (Wildman–Crippen LogP) is 2.48. The third-order valence-electron chi connectivity index (χ3n) is 2.59. The summed E-state index contributed by atoms with van der Waals surface area (Å²) in [5.41, 5.74) is 0.873. The minimum Gasteiger partial charge on any atom is -0.379 e. The number of pyridine rings is 1. The molecular formula is C12H12F3N3O. The zero-order chi connectivity index (χ0) is 14.2. The molecule has 2 aromatic heterocycles. The van der Waals surface area contributed by atoms with Gasteiger partial charge in [0.2, 0.25) is 0 Å². The van der Waals surface area contributed by atoms with Crippen LogP contribution in [0.3, 0.4) is 0 Å². The Morgan fingerprint density at radius 2 is 1.84 bits per heavy atom. The van der Waals surface area contributed by atoms with Gasteiger partial charge in [-0.05, 0) is 26.0 Å². The average Bonchev–Trinajstić information content (AvgIpc) is 2.73. The van der Waals surface area contributed by atoms with Crippen LogP contribution in [0.2, 0.25) is 0 Å². The third-order valence-corrected chi connectivity index (χ3v) is 2.59. The van der Waals surface area contributed by atoms with E-state index in [1.807, 2.05) is 0 Å². The zero-order valence-electron chi connectivity index (χ0n) is 10.3. The van der Waals surface area contributed by atoms with Gasteiger partial charge in [-0.1, -0.05) is 6.07 Å². The van der Waals surface area contributed by atoms with Crippen molar-refractivity contribution >= 4 is 0 Å². The molecule has 1 N–H and O–H groups in total. The van der Waals surface area contributed by atoms with Crippen molar-refractivity contribution in [3.05, 3.63) is 41.3 Å². The van der Waals surface area contributed by atoms with Crippen LogP contribution in [0.25, 0.3) is 5.82 Å². The number of aromatic nitrogens is 3. The summed E-state index contributed by atoms with van der Waals surface area (Å²) in [7, 11) is 0. The summed E-state index contributed by atoms with van der Waals surface area (Å²) in [4.78, 5) is 4.03. The summed E-state index contributed by atoms with van der Waals surface area (Å²) in [5, 5.41) is 13.4. The van der Waals surface area contributed by atoms with Gasteiger partial charge in [0.1, 0.15) is 0 Å². The molecule has 7 heteroatoms. The van der Waals surface area contributed by atoms with E-state index < -0.39 is 12.3 Å². The van der Waals surface area contributed by atoms with Crippen LogP contribution in [0.15, 0.2) is 24.4 Å². The van der Waals surface area contributed by atoms with Crippen molar-refractivity contribution < 1.29 is 18.3 Å². The van der Waals surface area contributed by atoms with Gasteiger partial charge < -0.3 is 5.11 Å². The predicted molar refractivity (Wildman–Crippen MR) is 61.8 cm³/mol. The van der Waals surface area contributed by atoms with Gasteiger partial charge in [-0.3, -0.25) is 0 Å². The molecule has 1 atom stereocenters. The Kier molecular flexibility index (Phi) is 3.32. The van der Waals surface area contributed by atoms with E-state index >= 15 is 0 Å². The Hall–Kier alpha value is -1.89. The lowest BCUT2D eigenvalue weighted by atomic mass is 10.1. The lowest BCUT2D eigenvalue weighted by Gasteiger charge is -2.17. The van der Waals surface area contributed by atoms with Gasteiger partial charge in [-0.2, -0.15) is 18.3 Å². The number of aryl methyl sites for hydroxylation is 2. The maximum absolute atomic E-state index is 12.6. The first-order chi connectivity index (χ1) is 8.79. The quantitative estimate of drug-likeness (QED) is 0.913. The van der Waals surface area contributed by atoms with Crippen LogP contribution < -0.4 is 0 Å². The van der Waals surface area contributed by atoms with Crippen molar-refractivity contribution in [1.29, 1.82) is 0 Å². The second-order valence-corrected chi connectivity index (χ2v) is 4.21. The Bertz CT molecular complexity index is 592. The number of nitrogens with zero attached hydrogens (tertiary/aromatic N) is 3. The monoisotopic (exact) mass is 271 g/mol. The van der Waals surface area contributed by atoms with E-state index in [-0.39, 0.29) is 11.4 Å². The number of aliphatic hydroxyl groups excluding tert-OH is 1. The van der Waals surface area contributed by atoms with Crippen LogP contribution >= 0.6 is 0 Å². The fourth-order valence-corrected chi connectivity index (χ4v) is 1.66. The molecule has 4 nitrogen and oxygen atoms in total. The molecule has 102 valence electrons. The van der Waals surface area contributed by atoms with E-state index in [0.717, 1.165) is 0 Å². The molecular weight excluding hydrogens is 259 g/mol. The number of aliphatic hydroxyl groups is 1. The fraction of sp³-hybridized carbons (Fsp3) is 0.333. The molecule has 19 heavy (non-hydrogen) atoms. The highest BCUT2D eigenvalue weighted by Gasteiger charge is 2.41. The minimum atomic E-state index is -4.74. The summed E-state index contributed by atoms with van der Waals surface area (Å²) < 4.78 is 39.1. The Balaban J connectivity index is 2.56. The second-order valence-electron chi connectivity index (χ2n) is 4.21. The molecule has 0 radical (unpaired) electrons. The fourth-order valence-electron chi connectivity index (χ4n) is 1.66. The summed E-state index contributed by atoms with van der Waals surface area (Å²) in [5.74, 6) is -0.0158. The number of hydrogen-bond donors (Lipinski definition) is 1. The molecule has 0 aliphatic heterocycles. The van der Waals surface area contributed by atoms with Crippen LogP contribution in [0, 0.1) is 13.8 Å². The summed E-state index contributed by atoms with van der Waals surface area (Å²) in [6, 6.07) is 4.28. The number of hydrogen-bond acceptors (Lipinski definition) is 3. The highest BCUT2D eigenvalue weighted by Crippen LogP contribution is 2.34. The number of halogens is 3. The maximum atomic E-state index is 12.6. The largest absolute Gasteiger partial charge is 0.418 e. The Labute approximate surface area is 107 Å². The molecule has 0 amide bonds. The van der Waals surface area contributed by atoms with E-state index in [0.29, 0.717) is 11.4 Å². The van der Waals surface area contributed by atoms with Gasteiger partial charge in [0.15, 0.2) is 11.9 Å². The van der Waals surface area contributed by atoms with Gasteiger partial charge in [-0.15, -0.1) is 0 Å². The number of rotatable bonds is 2. The van der Waals surface area contributed by atoms with E-state index in [4.69, 9.17) is 0 Å². The van der Waals surface area contributed by atoms with Crippen molar-refractivity contribution in [2.24, 2.45) is 0 Å². The van der Waals surface area contributed by atoms with Crippen LogP contribution in [-0.4, -0.2) is 26.0 Å². The maximum Gasteiger partial charge on any atom is 0.418 e. The molecule has 2 aromatic rings. The highest BCUT2D eigenvalue weighted by atomic mass is 19.4. The molecule has 0 unspecified atom stereocenters. The van der Waals surface area contributed by atoms with Crippen LogP contribution in [0.5, 0.6) is 0 Å². The first-order valence-corrected chi connectivity index (χ1v) is 5.54. The second kappa shape index (κ2) is 4.65. The van der Waals surface area contributed by atoms with E-state index in [1.165, 1.54) is 23.0 Å². The van der Waals surface area contributed by atoms with Gasteiger partial charge in [0.25, 0.3) is 0 Å². The van der Waals surface area contributed by atoms with Crippen LogP contribution in [-0.2, 0) is 0 Å². The molecule has 2 heterocycles. The summed E-state index contributed by atoms with van der Waals surface area (Å²) >= 11 is 0. The Morgan fingerprint density at radius 1 is 1.16 bits per heavy atom. The van der Waals surface area contributed by atoms with Crippen LogP contribution in [0.1, 0.15) is 23.1 Å². The number of alkyl halides is 3. The highest BCUT2D eigenvalue weighted by molar-refractivity contribution is 5.37. The zero-order valence-corrected chi connectivity index (χ0v) is 10.3. The SMILES string of the molecule is Cc1ccc([C@H](O)C(F)(F)F)c(-n2ccc(C)n2)n1. The van der Waals surface area contributed by atoms with E-state index in [9.17, 15) is 18.3 Å². The summed E-state index contributed by atoms with van der Waals surface area (Å²) in [6.07, 6.45) is -5.82. The van der Waals surface area contributed by atoms with E-state index in [1.54, 1.807) is 19.9 Å². The molecule has 0 bridgehead atoms. The molecule has 0 spiro atoms. The van der Waals surface area contributed by atoms with Crippen molar-refractivity contribution in [2.45, 2.75) is 26.1 Å². The summed E-state index contributed by atoms with van der Waals surface area (Å²) in [6.45, 7) is 3.37. The first kappa shape index (κ1) is 13.5. The normalized spacial score (nSPS) is 13.6. The molecule has 0 saturated carbocycles. The average molecular weight is 271 g/mol. The van der Waals surface area contributed by atoms with Gasteiger partial charge in [-0.25, -0.2) is 9.67 Å². The topological polar surface area (TPSA) is 50.9 Å². The standard InChI is InChI=1S/C12H12F3N3O/c1-7-3-4-9(10(19)12(13,14)15)11(16-7)18-6-5-8(2)17-18/h3-6,10,19H,1-2H3/t10-/m0/s1. The van der Waals surface area contributed by atoms with Gasteiger partial charge in [0, 0.05) is 17.5 Å². The first-order valence-electron chi connectivity index (χ1n) is 5.54. The molecule has 0 saturated heterocycles. The Morgan fingerprint density at radius 3 is 2.37 bits per heavy atom. The van der Waals surface area contributed by atoms with Crippen molar-refractivity contribution in [3.63, 3.8) is 0 Å². The molecule has 0 aromatic carbocycles. The molecule has 2 rings (SSSR count). The van der Waals surface area contributed by atoms with Crippen molar-refractivity contribution in [1.82, 2.24) is 14.8 Å². The van der Waals surface area contributed by atoms with Crippen molar-refractivity contribution in [2.75, 3.05) is 0 Å². The molecule has 0 aliphatic carbocycles.